The highest BCUT2D eigenvalue weighted by Crippen LogP contribution is 2.31. The first kappa shape index (κ1) is 22.4. The maximum Gasteiger partial charge on any atom is 0.255 e. The van der Waals surface area contributed by atoms with Gasteiger partial charge >= 0.3 is 0 Å². The molecule has 0 aliphatic carbocycles. The average molecular weight is 442 g/mol. The number of ether oxygens (including phenoxy) is 1. The number of nitriles is 1. The Morgan fingerprint density at radius 2 is 1.94 bits per heavy atom. The molecule has 0 radical (unpaired) electrons. The van der Waals surface area contributed by atoms with Crippen LogP contribution >= 0.6 is 0 Å². The molecule has 0 saturated carbocycles. The number of carbonyl (C=O) groups is 1. The van der Waals surface area contributed by atoms with Gasteiger partial charge in [-0.15, -0.1) is 0 Å². The predicted molar refractivity (Wildman–Crippen MR) is 128 cm³/mol. The minimum atomic E-state index is -0.204. The third-order valence-corrected chi connectivity index (χ3v) is 5.76. The van der Waals surface area contributed by atoms with E-state index >= 15 is 0 Å². The summed E-state index contributed by atoms with van der Waals surface area (Å²) in [4.78, 5) is 23.9. The molecule has 3 aromatic rings. The SMILES string of the molecule is Cc1ncc(NC(=O)c2ccnc(C(C)C)c2)cc1-c1ccc(C#N)c(N2CCOCC2)c1. The Kier molecular flexibility index (Phi) is 6.66. The third kappa shape index (κ3) is 5.02. The predicted octanol–water partition coefficient (Wildman–Crippen LogP) is 4.54. The second-order valence-corrected chi connectivity index (χ2v) is 8.38. The highest BCUT2D eigenvalue weighted by atomic mass is 16.5. The number of pyridine rings is 2. The zero-order chi connectivity index (χ0) is 23.4. The molecule has 1 N–H and O–H groups in total. The number of nitrogens with one attached hydrogen (secondary N) is 1. The fraction of sp³-hybridized carbons (Fsp3) is 0.308. The molecule has 0 bridgehead atoms. The van der Waals surface area contributed by atoms with Crippen LogP contribution in [-0.2, 0) is 4.74 Å². The number of hydrogen-bond donors (Lipinski definition) is 1. The zero-order valence-electron chi connectivity index (χ0n) is 19.1. The van der Waals surface area contributed by atoms with Gasteiger partial charge in [-0.2, -0.15) is 5.26 Å². The van der Waals surface area contributed by atoms with Crippen LogP contribution in [0.5, 0.6) is 0 Å². The first-order chi connectivity index (χ1) is 16.0. The van der Waals surface area contributed by atoms with Crippen LogP contribution in [-0.4, -0.2) is 42.2 Å². The summed E-state index contributed by atoms with van der Waals surface area (Å²) in [5.41, 5.74) is 6.27. The Morgan fingerprint density at radius 3 is 2.67 bits per heavy atom. The van der Waals surface area contributed by atoms with Gasteiger partial charge in [-0.3, -0.25) is 14.8 Å². The summed E-state index contributed by atoms with van der Waals surface area (Å²) in [5, 5.41) is 12.6. The van der Waals surface area contributed by atoms with E-state index in [9.17, 15) is 10.1 Å². The van der Waals surface area contributed by atoms with Gasteiger partial charge in [0.05, 0.1) is 36.3 Å². The summed E-state index contributed by atoms with van der Waals surface area (Å²) in [7, 11) is 0. The van der Waals surface area contributed by atoms with Crippen molar-refractivity contribution in [2.24, 2.45) is 0 Å². The van der Waals surface area contributed by atoms with Crippen molar-refractivity contribution >= 4 is 17.3 Å². The molecule has 1 aromatic carbocycles. The molecule has 0 atom stereocenters. The van der Waals surface area contributed by atoms with Crippen molar-refractivity contribution in [2.45, 2.75) is 26.7 Å². The van der Waals surface area contributed by atoms with Gasteiger partial charge < -0.3 is 15.0 Å². The fourth-order valence-electron chi connectivity index (χ4n) is 3.86. The number of hydrogen-bond acceptors (Lipinski definition) is 6. The summed E-state index contributed by atoms with van der Waals surface area (Å²) < 4.78 is 5.46. The molecule has 33 heavy (non-hydrogen) atoms. The van der Waals surface area contributed by atoms with Gasteiger partial charge in [-0.05, 0) is 48.7 Å². The molecule has 168 valence electrons. The normalized spacial score (nSPS) is 13.6. The van der Waals surface area contributed by atoms with Crippen LogP contribution in [0.2, 0.25) is 0 Å². The van der Waals surface area contributed by atoms with Crippen molar-refractivity contribution in [3.05, 3.63) is 71.3 Å². The molecule has 1 saturated heterocycles. The lowest BCUT2D eigenvalue weighted by molar-refractivity contribution is 0.102. The van der Waals surface area contributed by atoms with Gasteiger partial charge in [0.2, 0.25) is 0 Å². The Labute approximate surface area is 194 Å². The second-order valence-electron chi connectivity index (χ2n) is 8.38. The lowest BCUT2D eigenvalue weighted by Gasteiger charge is -2.30. The molecule has 7 heteroatoms. The summed E-state index contributed by atoms with van der Waals surface area (Å²) in [5.74, 6) is 0.0344. The Balaban J connectivity index is 1.63. The number of rotatable bonds is 5. The van der Waals surface area contributed by atoms with E-state index in [0.29, 0.717) is 30.0 Å². The smallest absolute Gasteiger partial charge is 0.255 e. The van der Waals surface area contributed by atoms with Gasteiger partial charge in [0.15, 0.2) is 0 Å². The van der Waals surface area contributed by atoms with Crippen molar-refractivity contribution in [1.82, 2.24) is 9.97 Å². The zero-order valence-corrected chi connectivity index (χ0v) is 19.1. The molecule has 1 aliphatic rings. The van der Waals surface area contributed by atoms with Gasteiger partial charge in [0, 0.05) is 41.8 Å². The van der Waals surface area contributed by atoms with Crippen molar-refractivity contribution < 1.29 is 9.53 Å². The summed E-state index contributed by atoms with van der Waals surface area (Å²) >= 11 is 0. The van der Waals surface area contributed by atoms with Crippen LogP contribution in [0.3, 0.4) is 0 Å². The maximum atomic E-state index is 12.8. The van der Waals surface area contributed by atoms with E-state index < -0.39 is 0 Å². The molecular formula is C26H27N5O2. The molecule has 0 unspecified atom stereocenters. The second kappa shape index (κ2) is 9.80. The van der Waals surface area contributed by atoms with Crippen molar-refractivity contribution in [1.29, 1.82) is 5.26 Å². The quantitative estimate of drug-likeness (QED) is 0.625. The minimum absolute atomic E-state index is 0.204. The highest BCUT2D eigenvalue weighted by Gasteiger charge is 2.17. The molecule has 4 rings (SSSR count). The van der Waals surface area contributed by atoms with Gasteiger partial charge in [0.1, 0.15) is 6.07 Å². The van der Waals surface area contributed by atoms with Crippen LogP contribution < -0.4 is 10.2 Å². The Hall–Kier alpha value is -3.76. The topological polar surface area (TPSA) is 91.1 Å². The van der Waals surface area contributed by atoms with Crippen LogP contribution in [0.25, 0.3) is 11.1 Å². The van der Waals surface area contributed by atoms with E-state index in [1.165, 1.54) is 0 Å². The molecule has 3 heterocycles. The first-order valence-corrected chi connectivity index (χ1v) is 11.1. The molecule has 7 nitrogen and oxygen atoms in total. The number of aryl methyl sites for hydroxylation is 1. The molecule has 1 aliphatic heterocycles. The molecule has 1 amide bonds. The standard InChI is InChI=1S/C26H27N5O2/c1-17(2)24-12-20(6-7-28-24)26(32)30-22-14-23(18(3)29-16-22)19-4-5-21(15-27)25(13-19)31-8-10-33-11-9-31/h4-7,12-14,16-17H,8-11H2,1-3H3,(H,30,32). The van der Waals surface area contributed by atoms with E-state index in [2.05, 4.69) is 26.3 Å². The van der Waals surface area contributed by atoms with Crippen molar-refractivity contribution in [2.75, 3.05) is 36.5 Å². The highest BCUT2D eigenvalue weighted by molar-refractivity contribution is 6.04. The molecule has 1 fully saturated rings. The van der Waals surface area contributed by atoms with Crippen molar-refractivity contribution in [3.8, 4) is 17.2 Å². The monoisotopic (exact) mass is 441 g/mol. The number of amides is 1. The van der Waals surface area contributed by atoms with Crippen molar-refractivity contribution in [3.63, 3.8) is 0 Å². The fourth-order valence-corrected chi connectivity index (χ4v) is 3.86. The van der Waals surface area contributed by atoms with Crippen LogP contribution in [0.1, 0.15) is 47.1 Å². The van der Waals surface area contributed by atoms with Crippen LogP contribution in [0.4, 0.5) is 11.4 Å². The van der Waals surface area contributed by atoms with E-state index in [1.807, 2.05) is 51.1 Å². The molecule has 2 aromatic heterocycles. The van der Waals surface area contributed by atoms with Crippen LogP contribution in [0.15, 0.2) is 48.8 Å². The number of morpholine rings is 1. The number of carbonyl (C=O) groups excluding carboxylic acids is 1. The van der Waals surface area contributed by atoms with E-state index in [0.717, 1.165) is 41.3 Å². The number of benzene rings is 1. The number of nitrogens with zero attached hydrogens (tertiary/aromatic N) is 4. The average Bonchev–Trinajstić information content (AvgIpc) is 2.85. The Morgan fingerprint density at radius 1 is 1.15 bits per heavy atom. The van der Waals surface area contributed by atoms with E-state index in [1.54, 1.807) is 18.5 Å². The van der Waals surface area contributed by atoms with E-state index in [4.69, 9.17) is 4.74 Å². The third-order valence-electron chi connectivity index (χ3n) is 5.76. The minimum Gasteiger partial charge on any atom is -0.378 e. The Bertz CT molecular complexity index is 1210. The lowest BCUT2D eigenvalue weighted by Crippen LogP contribution is -2.36. The summed E-state index contributed by atoms with van der Waals surface area (Å²) in [6.07, 6.45) is 3.32. The molecule has 0 spiro atoms. The number of anilines is 2. The lowest BCUT2D eigenvalue weighted by atomic mass is 10.0. The maximum absolute atomic E-state index is 12.8. The van der Waals surface area contributed by atoms with Gasteiger partial charge in [0.25, 0.3) is 5.91 Å². The van der Waals surface area contributed by atoms with Gasteiger partial charge in [-0.25, -0.2) is 0 Å². The van der Waals surface area contributed by atoms with Gasteiger partial charge in [-0.1, -0.05) is 19.9 Å². The molecular weight excluding hydrogens is 414 g/mol. The number of aromatic nitrogens is 2. The van der Waals surface area contributed by atoms with E-state index in [-0.39, 0.29) is 11.8 Å². The van der Waals surface area contributed by atoms with Crippen LogP contribution in [0, 0.1) is 18.3 Å². The summed E-state index contributed by atoms with van der Waals surface area (Å²) in [6.45, 7) is 8.80. The summed E-state index contributed by atoms with van der Waals surface area (Å²) in [6, 6.07) is 13.5. The largest absolute Gasteiger partial charge is 0.378 e. The first-order valence-electron chi connectivity index (χ1n) is 11.1.